The molecule has 1 aliphatic heterocycles. The highest BCUT2D eigenvalue weighted by atomic mass is 35.5. The van der Waals surface area contributed by atoms with E-state index >= 15 is 0 Å². The first-order chi connectivity index (χ1) is 10.3. The molecule has 1 saturated heterocycles. The van der Waals surface area contributed by atoms with Gasteiger partial charge in [0.1, 0.15) is 11.6 Å². The van der Waals surface area contributed by atoms with Crippen LogP contribution in [-0.2, 0) is 4.74 Å². The summed E-state index contributed by atoms with van der Waals surface area (Å²) in [7, 11) is 0. The summed E-state index contributed by atoms with van der Waals surface area (Å²) in [5.74, 6) is 0. The average molecular weight is 322 g/mol. The Morgan fingerprint density at radius 2 is 2.18 bits per heavy atom. The van der Waals surface area contributed by atoms with Gasteiger partial charge in [-0.1, -0.05) is 23.7 Å². The summed E-state index contributed by atoms with van der Waals surface area (Å²) in [5.41, 5.74) is 0.330. The molecule has 5 nitrogen and oxygen atoms in total. The zero-order valence-corrected chi connectivity index (χ0v) is 13.7. The third-order valence-corrected chi connectivity index (χ3v) is 3.48. The smallest absolute Gasteiger partial charge is 0.410 e. The van der Waals surface area contributed by atoms with Gasteiger partial charge in [-0.2, -0.15) is 5.26 Å². The molecule has 6 heteroatoms. The maximum absolute atomic E-state index is 11.8. The third-order valence-electron chi connectivity index (χ3n) is 3.25. The molecule has 1 fully saturated rings. The molecule has 0 bridgehead atoms. The molecule has 1 aliphatic rings. The molecule has 0 radical (unpaired) electrons. The summed E-state index contributed by atoms with van der Waals surface area (Å²) in [6.07, 6.45) is -0.318. The number of amides is 1. The number of halogens is 1. The fourth-order valence-corrected chi connectivity index (χ4v) is 2.39. The van der Waals surface area contributed by atoms with E-state index < -0.39 is 11.6 Å². The van der Waals surface area contributed by atoms with Crippen molar-refractivity contribution in [1.82, 2.24) is 10.2 Å². The Morgan fingerprint density at radius 1 is 1.50 bits per heavy atom. The van der Waals surface area contributed by atoms with Crippen molar-refractivity contribution >= 4 is 17.7 Å². The summed E-state index contributed by atoms with van der Waals surface area (Å²) in [5, 5.41) is 13.1. The second kappa shape index (κ2) is 6.55. The van der Waals surface area contributed by atoms with Crippen LogP contribution in [0.15, 0.2) is 24.3 Å². The monoisotopic (exact) mass is 321 g/mol. The largest absolute Gasteiger partial charge is 0.444 e. The highest BCUT2D eigenvalue weighted by Crippen LogP contribution is 2.21. The van der Waals surface area contributed by atoms with Crippen molar-refractivity contribution in [2.24, 2.45) is 0 Å². The molecule has 118 valence electrons. The topological polar surface area (TPSA) is 65.4 Å². The maximum Gasteiger partial charge on any atom is 0.410 e. The van der Waals surface area contributed by atoms with Crippen LogP contribution in [0.1, 0.15) is 32.4 Å². The van der Waals surface area contributed by atoms with Crippen LogP contribution in [0.5, 0.6) is 0 Å². The molecule has 2 rings (SSSR count). The minimum Gasteiger partial charge on any atom is -0.444 e. The minimum absolute atomic E-state index is 0.0798. The SMILES string of the molecule is CC(C)(C)OC(=O)N1CC(N[C@@H](C#N)c2cccc(Cl)c2)C1. The van der Waals surface area contributed by atoms with Gasteiger partial charge in [-0.3, -0.25) is 5.32 Å². The lowest BCUT2D eigenvalue weighted by molar-refractivity contribution is 0.00475. The zero-order chi connectivity index (χ0) is 16.3. The molecule has 1 aromatic carbocycles. The van der Waals surface area contributed by atoms with Crippen LogP contribution < -0.4 is 5.32 Å². The van der Waals surface area contributed by atoms with Gasteiger partial charge in [0.2, 0.25) is 0 Å². The molecule has 1 amide bonds. The van der Waals surface area contributed by atoms with Gasteiger partial charge >= 0.3 is 6.09 Å². The van der Waals surface area contributed by atoms with E-state index in [0.717, 1.165) is 5.56 Å². The van der Waals surface area contributed by atoms with E-state index in [2.05, 4.69) is 11.4 Å². The number of hydrogen-bond donors (Lipinski definition) is 1. The van der Waals surface area contributed by atoms with E-state index in [0.29, 0.717) is 18.1 Å². The fraction of sp³-hybridized carbons (Fsp3) is 0.500. The van der Waals surface area contributed by atoms with Crippen molar-refractivity contribution in [1.29, 1.82) is 5.26 Å². The van der Waals surface area contributed by atoms with Crippen molar-refractivity contribution in [3.8, 4) is 6.07 Å². The predicted octanol–water partition coefficient (Wildman–Crippen LogP) is 3.11. The van der Waals surface area contributed by atoms with Crippen molar-refractivity contribution in [3.05, 3.63) is 34.9 Å². The van der Waals surface area contributed by atoms with Gasteiger partial charge in [0.25, 0.3) is 0 Å². The third kappa shape index (κ3) is 4.36. The number of carbonyl (C=O) groups is 1. The lowest BCUT2D eigenvalue weighted by Gasteiger charge is -2.41. The van der Waals surface area contributed by atoms with E-state index in [1.165, 1.54) is 0 Å². The Morgan fingerprint density at radius 3 is 2.73 bits per heavy atom. The van der Waals surface area contributed by atoms with Crippen LogP contribution in [0.25, 0.3) is 0 Å². The van der Waals surface area contributed by atoms with Gasteiger partial charge < -0.3 is 9.64 Å². The summed E-state index contributed by atoms with van der Waals surface area (Å²) >= 11 is 5.95. The number of hydrogen-bond acceptors (Lipinski definition) is 4. The van der Waals surface area contributed by atoms with E-state index in [4.69, 9.17) is 16.3 Å². The molecule has 1 N–H and O–H groups in total. The molecule has 0 aliphatic carbocycles. The summed E-state index contributed by atoms with van der Waals surface area (Å²) in [4.78, 5) is 13.5. The maximum atomic E-state index is 11.8. The number of rotatable bonds is 3. The zero-order valence-electron chi connectivity index (χ0n) is 13.0. The number of nitrogens with zero attached hydrogens (tertiary/aromatic N) is 2. The molecule has 1 heterocycles. The van der Waals surface area contributed by atoms with Gasteiger partial charge in [0.15, 0.2) is 0 Å². The standard InChI is InChI=1S/C16H20ClN3O2/c1-16(2,3)22-15(21)20-9-13(10-20)19-14(8-18)11-5-4-6-12(17)7-11/h4-7,13-14,19H,9-10H2,1-3H3/t14-/m0/s1. The number of benzene rings is 1. The van der Waals surface area contributed by atoms with Gasteiger partial charge in [-0.25, -0.2) is 4.79 Å². The highest BCUT2D eigenvalue weighted by Gasteiger charge is 2.34. The van der Waals surface area contributed by atoms with Crippen LogP contribution in [0.4, 0.5) is 4.79 Å². The molecule has 0 saturated carbocycles. The molecular formula is C16H20ClN3O2. The van der Waals surface area contributed by atoms with E-state index in [1.54, 1.807) is 17.0 Å². The average Bonchev–Trinajstić information content (AvgIpc) is 2.35. The van der Waals surface area contributed by atoms with Gasteiger partial charge in [0, 0.05) is 24.2 Å². The summed E-state index contributed by atoms with van der Waals surface area (Å²) in [6, 6.07) is 9.08. The quantitative estimate of drug-likeness (QED) is 0.929. The van der Waals surface area contributed by atoms with Crippen molar-refractivity contribution in [3.63, 3.8) is 0 Å². The molecule has 1 atom stereocenters. The second-order valence-electron chi connectivity index (χ2n) is 6.37. The number of ether oxygens (including phenoxy) is 1. The van der Waals surface area contributed by atoms with Crippen molar-refractivity contribution in [2.45, 2.75) is 38.5 Å². The van der Waals surface area contributed by atoms with E-state index in [1.807, 2.05) is 32.9 Å². The number of nitriles is 1. The van der Waals surface area contributed by atoms with Crippen LogP contribution in [0.2, 0.25) is 5.02 Å². The second-order valence-corrected chi connectivity index (χ2v) is 6.80. The fourth-order valence-electron chi connectivity index (χ4n) is 2.19. The van der Waals surface area contributed by atoms with E-state index in [-0.39, 0.29) is 12.1 Å². The Bertz CT molecular complexity index is 586. The Balaban J connectivity index is 1.86. The van der Waals surface area contributed by atoms with Crippen LogP contribution in [-0.4, -0.2) is 35.7 Å². The normalized spacial score (nSPS) is 16.6. The Hall–Kier alpha value is -1.77. The lowest BCUT2D eigenvalue weighted by Crippen LogP contribution is -2.60. The van der Waals surface area contributed by atoms with Gasteiger partial charge in [-0.05, 0) is 38.5 Å². The number of nitrogens with one attached hydrogen (secondary N) is 1. The Labute approximate surface area is 135 Å². The van der Waals surface area contributed by atoms with Crippen molar-refractivity contribution in [2.75, 3.05) is 13.1 Å². The van der Waals surface area contributed by atoms with Crippen LogP contribution in [0, 0.1) is 11.3 Å². The summed E-state index contributed by atoms with van der Waals surface area (Å²) in [6.45, 7) is 6.59. The Kier molecular flexibility index (Phi) is 4.94. The molecule has 1 aromatic rings. The first-order valence-electron chi connectivity index (χ1n) is 7.17. The molecule has 22 heavy (non-hydrogen) atoms. The number of carbonyl (C=O) groups excluding carboxylic acids is 1. The lowest BCUT2D eigenvalue weighted by atomic mass is 10.0. The van der Waals surface area contributed by atoms with Crippen LogP contribution in [0.3, 0.4) is 0 Å². The van der Waals surface area contributed by atoms with Gasteiger partial charge in [0.05, 0.1) is 6.07 Å². The first-order valence-corrected chi connectivity index (χ1v) is 7.55. The molecule has 0 spiro atoms. The van der Waals surface area contributed by atoms with Gasteiger partial charge in [-0.15, -0.1) is 0 Å². The number of likely N-dealkylation sites (tertiary alicyclic amines) is 1. The van der Waals surface area contributed by atoms with Crippen molar-refractivity contribution < 1.29 is 9.53 Å². The molecule has 0 unspecified atom stereocenters. The minimum atomic E-state index is -0.494. The van der Waals surface area contributed by atoms with Crippen LogP contribution >= 0.6 is 11.6 Å². The predicted molar refractivity (Wildman–Crippen MR) is 84.5 cm³/mol. The first kappa shape index (κ1) is 16.6. The molecular weight excluding hydrogens is 302 g/mol. The highest BCUT2D eigenvalue weighted by molar-refractivity contribution is 6.30. The van der Waals surface area contributed by atoms with E-state index in [9.17, 15) is 10.1 Å². The summed E-state index contributed by atoms with van der Waals surface area (Å²) < 4.78 is 5.30. The molecule has 0 aromatic heterocycles.